The Morgan fingerprint density at radius 1 is 1.35 bits per heavy atom. The van der Waals surface area contributed by atoms with Crippen LogP contribution in [-0.2, 0) is 0 Å². The van der Waals surface area contributed by atoms with Crippen LogP contribution in [0.15, 0.2) is 29.2 Å². The molecule has 4 rings (SSSR count). The molecule has 7 nitrogen and oxygen atoms in total. The van der Waals surface area contributed by atoms with Gasteiger partial charge in [-0.1, -0.05) is 10.3 Å². The third-order valence-corrected chi connectivity index (χ3v) is 4.59. The predicted octanol–water partition coefficient (Wildman–Crippen LogP) is 1.02. The smallest absolute Gasteiger partial charge is 0.306 e. The minimum Gasteiger partial charge on any atom is -0.306 e. The first-order valence-corrected chi connectivity index (χ1v) is 7.01. The first-order valence-electron chi connectivity index (χ1n) is 7.01. The van der Waals surface area contributed by atoms with E-state index in [0.717, 1.165) is 31.9 Å². The molecule has 2 atom stereocenters. The molecule has 2 aromatic heterocycles. The lowest BCUT2D eigenvalue weighted by Crippen LogP contribution is -2.50. The Morgan fingerprint density at radius 2 is 2.35 bits per heavy atom. The molecular formula is C13H17N6O+. The molecule has 2 aliphatic heterocycles. The highest BCUT2D eigenvalue weighted by molar-refractivity contribution is 5.46. The molecule has 7 heteroatoms. The van der Waals surface area contributed by atoms with Gasteiger partial charge in [-0.25, -0.2) is 0 Å². The molecule has 1 N–H and O–H groups in total. The van der Waals surface area contributed by atoms with Crippen LogP contribution in [0, 0.1) is 0 Å². The van der Waals surface area contributed by atoms with Crippen molar-refractivity contribution in [3.63, 3.8) is 0 Å². The minimum absolute atomic E-state index is 0.173. The summed E-state index contributed by atoms with van der Waals surface area (Å²) < 4.78 is 5.89. The van der Waals surface area contributed by atoms with Crippen molar-refractivity contribution in [1.82, 2.24) is 30.1 Å². The Kier molecular flexibility index (Phi) is 2.58. The van der Waals surface area contributed by atoms with Gasteiger partial charge in [0, 0.05) is 12.5 Å². The third-order valence-electron chi connectivity index (χ3n) is 4.59. The standard InChI is InChI=1S/C13H17N6O/c1-3-11(18-16-7-1)19(12-14-10-17-20-12)8-5-13(9-19)4-2-6-15-13/h1,3,7,10,15H,2,4-6,8-9H2/q+1. The van der Waals surface area contributed by atoms with E-state index in [0.29, 0.717) is 10.5 Å². The second kappa shape index (κ2) is 4.32. The molecule has 0 radical (unpaired) electrons. The Balaban J connectivity index is 1.80. The molecule has 20 heavy (non-hydrogen) atoms. The monoisotopic (exact) mass is 273 g/mol. The number of hydrogen-bond donors (Lipinski definition) is 1. The predicted molar refractivity (Wildman–Crippen MR) is 72.1 cm³/mol. The number of nitrogens with one attached hydrogen (secondary N) is 1. The number of nitrogens with zero attached hydrogens (tertiary/aromatic N) is 5. The average Bonchev–Trinajstić information content (AvgIpc) is 3.23. The first kappa shape index (κ1) is 11.9. The van der Waals surface area contributed by atoms with Crippen LogP contribution < -0.4 is 9.80 Å². The maximum Gasteiger partial charge on any atom is 0.433 e. The van der Waals surface area contributed by atoms with Gasteiger partial charge >= 0.3 is 6.01 Å². The summed E-state index contributed by atoms with van der Waals surface area (Å²) in [6, 6.07) is 4.51. The van der Waals surface area contributed by atoms with Gasteiger partial charge in [-0.15, -0.1) is 4.98 Å². The van der Waals surface area contributed by atoms with E-state index in [2.05, 4.69) is 25.7 Å². The van der Waals surface area contributed by atoms with Crippen LogP contribution in [-0.4, -0.2) is 45.5 Å². The van der Waals surface area contributed by atoms with E-state index in [1.165, 1.54) is 19.2 Å². The van der Waals surface area contributed by atoms with Crippen LogP contribution in [0.4, 0.5) is 11.8 Å². The summed E-state index contributed by atoms with van der Waals surface area (Å²) in [6.07, 6.45) is 6.66. The molecule has 2 aromatic rings. The Hall–Kier alpha value is -1.86. The van der Waals surface area contributed by atoms with Crippen molar-refractivity contribution in [2.45, 2.75) is 24.8 Å². The maximum atomic E-state index is 5.39. The molecule has 0 amide bonds. The van der Waals surface area contributed by atoms with Crippen molar-refractivity contribution in [3.05, 3.63) is 24.7 Å². The van der Waals surface area contributed by atoms with Crippen LogP contribution >= 0.6 is 0 Å². The van der Waals surface area contributed by atoms with E-state index in [1.54, 1.807) is 6.20 Å². The first-order chi connectivity index (χ1) is 9.83. The van der Waals surface area contributed by atoms with Crippen molar-refractivity contribution in [3.8, 4) is 0 Å². The van der Waals surface area contributed by atoms with Crippen LogP contribution in [0.3, 0.4) is 0 Å². The topological polar surface area (TPSA) is 76.7 Å². The highest BCUT2D eigenvalue weighted by Crippen LogP contribution is 2.42. The van der Waals surface area contributed by atoms with Gasteiger partial charge in [0.2, 0.25) is 0 Å². The fourth-order valence-electron chi connectivity index (χ4n) is 3.63. The molecule has 0 bridgehead atoms. The molecule has 2 unspecified atom stereocenters. The summed E-state index contributed by atoms with van der Waals surface area (Å²) >= 11 is 0. The molecule has 2 fully saturated rings. The van der Waals surface area contributed by atoms with E-state index in [9.17, 15) is 0 Å². The second-order valence-electron chi connectivity index (χ2n) is 5.72. The van der Waals surface area contributed by atoms with Gasteiger partial charge in [-0.3, -0.25) is 4.52 Å². The molecule has 2 aliphatic rings. The van der Waals surface area contributed by atoms with Gasteiger partial charge in [-0.2, -0.15) is 9.58 Å². The lowest BCUT2D eigenvalue weighted by molar-refractivity contribution is 0.287. The fraction of sp³-hybridized carbons (Fsp3) is 0.538. The summed E-state index contributed by atoms with van der Waals surface area (Å²) in [7, 11) is 0. The van der Waals surface area contributed by atoms with Crippen LogP contribution in [0.25, 0.3) is 0 Å². The molecular weight excluding hydrogens is 256 g/mol. The molecule has 0 aliphatic carbocycles. The highest BCUT2D eigenvalue weighted by Gasteiger charge is 2.55. The number of quaternary nitrogens is 1. The quantitative estimate of drug-likeness (QED) is 0.823. The molecule has 104 valence electrons. The lowest BCUT2D eigenvalue weighted by Gasteiger charge is -2.29. The number of hydrogen-bond acceptors (Lipinski definition) is 6. The summed E-state index contributed by atoms with van der Waals surface area (Å²) in [5, 5.41) is 15.8. The fourth-order valence-corrected chi connectivity index (χ4v) is 3.63. The van der Waals surface area contributed by atoms with Crippen LogP contribution in [0.1, 0.15) is 19.3 Å². The zero-order chi connectivity index (χ0) is 13.5. The van der Waals surface area contributed by atoms with E-state index in [-0.39, 0.29) is 5.54 Å². The molecule has 0 aromatic carbocycles. The van der Waals surface area contributed by atoms with Crippen molar-refractivity contribution >= 4 is 11.8 Å². The van der Waals surface area contributed by atoms with Crippen molar-refractivity contribution < 1.29 is 4.52 Å². The normalized spacial score (nSPS) is 33.0. The van der Waals surface area contributed by atoms with Gasteiger partial charge < -0.3 is 5.32 Å². The average molecular weight is 273 g/mol. The van der Waals surface area contributed by atoms with Gasteiger partial charge in [0.25, 0.3) is 5.82 Å². The molecule has 0 saturated carbocycles. The van der Waals surface area contributed by atoms with Crippen LogP contribution in [0.2, 0.25) is 0 Å². The van der Waals surface area contributed by atoms with Crippen LogP contribution in [0.5, 0.6) is 0 Å². The summed E-state index contributed by atoms with van der Waals surface area (Å²) in [5.41, 5.74) is 0.173. The summed E-state index contributed by atoms with van der Waals surface area (Å²) in [4.78, 5) is 4.30. The summed E-state index contributed by atoms with van der Waals surface area (Å²) in [5.74, 6) is 0.877. The SMILES string of the molecule is c1cnnc([N+]2(c3ncno3)CCC3(CCCN3)C2)c1. The van der Waals surface area contributed by atoms with Gasteiger partial charge in [0.1, 0.15) is 6.54 Å². The molecule has 2 saturated heterocycles. The molecule has 4 heterocycles. The van der Waals surface area contributed by atoms with E-state index in [4.69, 9.17) is 4.52 Å². The van der Waals surface area contributed by atoms with E-state index in [1.807, 2.05) is 12.1 Å². The Morgan fingerprint density at radius 3 is 3.05 bits per heavy atom. The van der Waals surface area contributed by atoms with Gasteiger partial charge in [0.05, 0.1) is 18.3 Å². The molecule has 1 spiro atoms. The third kappa shape index (κ3) is 1.66. The van der Waals surface area contributed by atoms with Gasteiger partial charge in [-0.05, 0) is 25.5 Å². The number of rotatable bonds is 2. The second-order valence-corrected chi connectivity index (χ2v) is 5.72. The largest absolute Gasteiger partial charge is 0.433 e. The van der Waals surface area contributed by atoms with Crippen molar-refractivity contribution in [2.75, 3.05) is 19.6 Å². The van der Waals surface area contributed by atoms with Gasteiger partial charge in [0.15, 0.2) is 6.33 Å². The van der Waals surface area contributed by atoms with Crippen molar-refractivity contribution in [1.29, 1.82) is 0 Å². The number of aromatic nitrogens is 4. The summed E-state index contributed by atoms with van der Waals surface area (Å²) in [6.45, 7) is 2.89. The highest BCUT2D eigenvalue weighted by atomic mass is 16.5. The lowest BCUT2D eigenvalue weighted by atomic mass is 9.97. The Labute approximate surface area is 116 Å². The minimum atomic E-state index is 0.173. The van der Waals surface area contributed by atoms with Crippen molar-refractivity contribution in [2.24, 2.45) is 0 Å². The van der Waals surface area contributed by atoms with E-state index >= 15 is 0 Å². The Bertz CT molecular complexity index is 580. The van der Waals surface area contributed by atoms with E-state index < -0.39 is 0 Å². The zero-order valence-corrected chi connectivity index (χ0v) is 11.2. The maximum absolute atomic E-state index is 5.39. The zero-order valence-electron chi connectivity index (χ0n) is 11.2.